The van der Waals surface area contributed by atoms with E-state index < -0.39 is 26.2 Å². The number of methoxy groups -OCH3 is 2. The molecule has 0 fully saturated rings. The van der Waals surface area contributed by atoms with E-state index in [1.165, 1.54) is 65.2 Å². The zero-order valence-corrected chi connectivity index (χ0v) is 67.9. The van der Waals surface area contributed by atoms with E-state index in [4.69, 9.17) is 44.6 Å². The van der Waals surface area contributed by atoms with Gasteiger partial charge in [0.1, 0.15) is 18.4 Å². The Morgan fingerprint density at radius 3 is 0.824 bits per heavy atom. The molecule has 29 heteroatoms. The number of carboxylic acids is 2. The van der Waals surface area contributed by atoms with Crippen LogP contribution >= 0.6 is 47.2 Å². The number of hydrogen-bond donors (Lipinski definition) is 5. The van der Waals surface area contributed by atoms with Crippen LogP contribution in [0.2, 0.25) is 0 Å². The summed E-state index contributed by atoms with van der Waals surface area (Å²) < 4.78 is 50.9. The van der Waals surface area contributed by atoms with Crippen molar-refractivity contribution in [2.24, 2.45) is 0 Å². The van der Waals surface area contributed by atoms with Gasteiger partial charge in [0.25, 0.3) is 0 Å². The SMILES string of the molecule is Br.C.C/C=C/C(=O)O.C/C=C/C(=O)OC.C/C=C/C(=O)OCC.CC.CC(C)=CC(=O)O.CC(C)=O.CC=O.CC=O.CCBr.CCO.CCOC.CCOC(=O)C=C(C)C.CCOC(=O)CP(=O)(CC)CC.CCOC(=O)CP(=O)(CC)CC.CO.CO.[B].[H-].[Na+]. The zero-order valence-electron chi connectivity index (χ0n) is 61.8. The molecule has 545 valence electrons. The van der Waals surface area contributed by atoms with E-state index in [1.54, 1.807) is 88.5 Å². The molecule has 0 aromatic carbocycles. The van der Waals surface area contributed by atoms with E-state index in [1.807, 2.05) is 69.2 Å². The van der Waals surface area contributed by atoms with Gasteiger partial charge in [0, 0.05) is 78.7 Å². The van der Waals surface area contributed by atoms with Crippen LogP contribution in [0.3, 0.4) is 0 Å². The zero-order chi connectivity index (χ0) is 73.3. The molecule has 0 unspecified atom stereocenters. The summed E-state index contributed by atoms with van der Waals surface area (Å²) in [6.07, 6.45) is 15.3. The van der Waals surface area contributed by atoms with Gasteiger partial charge in [-0.15, -0.1) is 17.0 Å². The third kappa shape index (κ3) is 242. The Hall–Kier alpha value is -3.68. The Morgan fingerprint density at radius 2 is 0.703 bits per heavy atom. The molecule has 0 rings (SSSR count). The Balaban J connectivity index is -0.0000000316. The number of carbonyl (C=O) groups is 10. The van der Waals surface area contributed by atoms with Crippen LogP contribution in [0.4, 0.5) is 0 Å². The molecule has 91 heavy (non-hydrogen) atoms. The van der Waals surface area contributed by atoms with Crippen molar-refractivity contribution in [3.05, 3.63) is 59.8 Å². The molecule has 0 atom stereocenters. The maximum Gasteiger partial charge on any atom is 1.00 e. The normalized spacial score (nSPS) is 8.09. The maximum absolute atomic E-state index is 11.7. The Kier molecular flexibility index (Phi) is 219. The Labute approximate surface area is 597 Å². The van der Waals surface area contributed by atoms with Crippen molar-refractivity contribution >= 4 is 116 Å². The van der Waals surface area contributed by atoms with Gasteiger partial charge in [-0.25, -0.2) is 24.0 Å². The van der Waals surface area contributed by atoms with E-state index in [0.717, 1.165) is 56.0 Å². The Bertz CT molecular complexity index is 1700. The number of hydrogen-bond acceptors (Lipinski definition) is 21. The third-order valence-electron chi connectivity index (χ3n) is 6.55. The van der Waals surface area contributed by atoms with Gasteiger partial charge in [-0.2, -0.15) is 0 Å². The molecule has 0 amide bonds. The summed E-state index contributed by atoms with van der Waals surface area (Å²) in [5, 5.41) is 38.5. The number of carbonyl (C=O) groups excluding carboxylic acids is 8. The van der Waals surface area contributed by atoms with Crippen LogP contribution < -0.4 is 29.6 Å². The number of aliphatic carboxylic acids is 2. The number of aliphatic hydroxyl groups excluding tert-OH is 3. The first-order valence-electron chi connectivity index (χ1n) is 28.0. The maximum atomic E-state index is 11.7. The van der Waals surface area contributed by atoms with Gasteiger partial charge in [-0.05, 0) is 142 Å². The Morgan fingerprint density at radius 1 is 0.484 bits per heavy atom. The van der Waals surface area contributed by atoms with Gasteiger partial charge in [0.2, 0.25) is 0 Å². The second-order valence-electron chi connectivity index (χ2n) is 14.5. The minimum Gasteiger partial charge on any atom is -1.00 e. The smallest absolute Gasteiger partial charge is 1.00 e. The number of Topliss-reactive ketones (excluding diaryl/α,β-unsaturated/α-hetero) is 1. The van der Waals surface area contributed by atoms with Crippen molar-refractivity contribution < 1.29 is 142 Å². The van der Waals surface area contributed by atoms with Gasteiger partial charge in [-0.1, -0.05) is 101 Å². The molecular formula is C62H131BBr2NaO23P2. The van der Waals surface area contributed by atoms with Gasteiger partial charge in [0.05, 0.1) is 60.1 Å². The standard InChI is InChI=1S/2C8H17O3P.C7H12O2.C6H10O2.2C5H8O2.C4H6O2.C3H8O.C3H6O.C2H5Br.C2H6O.2C2H4O.C2H6.2CH4O.CH4.B.BrH.Na.H/c2*1-4-11-8(9)7-12(10,5-2)6-3;1-4-9-7(8)5-6(2)3;1-3-5-6(7)8-4-2;1-4(2)3-5(6)7;1-3-4-5(6)7-2;1-2-3-4(5)6;1-3-4-2;1-3(2)4;4*1-2-3;3*1-2;;;;;/h2*4-7H2,1-3H3;5H,4H2,1-3H3;3,5H,4H2,1-2H3;3H,1-2H3,(H,6,7);3-4H,1-2H3;2-3H,1H3,(H,5,6);3H2,1-2H3;1-2H3;2H2,1H3;3H,2H2,1H3;2*2H,1H3;1-2H3;2*2H,1H3;1H4;;1H;;/q;;;;;;;;;;;;;;;;;;;+1;-1/b;;;5-3+;;4-3+;3-2+;;;;;;;;;;;;;;. The minimum absolute atomic E-state index is 0. The van der Waals surface area contributed by atoms with Crippen molar-refractivity contribution in [3.63, 3.8) is 0 Å². The molecule has 0 aliphatic rings. The van der Waals surface area contributed by atoms with Gasteiger partial charge in [0.15, 0.2) is 0 Å². The number of allylic oxidation sites excluding steroid dienone is 5. The van der Waals surface area contributed by atoms with E-state index in [9.17, 15) is 47.5 Å². The van der Waals surface area contributed by atoms with Gasteiger partial charge >= 0.3 is 71.3 Å². The van der Waals surface area contributed by atoms with Crippen LogP contribution in [-0.4, -0.2) is 204 Å². The van der Waals surface area contributed by atoms with Crippen molar-refractivity contribution in [1.82, 2.24) is 0 Å². The van der Waals surface area contributed by atoms with Crippen molar-refractivity contribution in [3.8, 4) is 0 Å². The number of aliphatic hydroxyl groups is 3. The molecule has 23 nitrogen and oxygen atoms in total. The molecule has 0 bridgehead atoms. The van der Waals surface area contributed by atoms with Crippen LogP contribution in [0.1, 0.15) is 175 Å². The molecule has 0 aliphatic heterocycles. The summed E-state index contributed by atoms with van der Waals surface area (Å²) in [7, 11) is 0.547. The van der Waals surface area contributed by atoms with E-state index >= 15 is 0 Å². The summed E-state index contributed by atoms with van der Waals surface area (Å²) in [6, 6.07) is 0. The first kappa shape index (κ1) is 144. The number of ketones is 1. The molecule has 0 saturated heterocycles. The fraction of sp³-hybridized carbons (Fsp3) is 0.677. The minimum atomic E-state index is -2.24. The molecule has 0 saturated carbocycles. The van der Waals surface area contributed by atoms with Crippen LogP contribution in [0, 0.1) is 0 Å². The molecule has 0 heterocycles. The van der Waals surface area contributed by atoms with Gasteiger partial charge < -0.3 is 78.9 Å². The predicted octanol–water partition coefficient (Wildman–Crippen LogP) is 10.2. The second-order valence-corrected chi connectivity index (χ2v) is 23.0. The quantitative estimate of drug-likeness (QED) is 0.0162. The van der Waals surface area contributed by atoms with Crippen LogP contribution in [0.25, 0.3) is 0 Å². The number of esters is 5. The number of ether oxygens (including phenoxy) is 6. The number of halogens is 2. The first-order chi connectivity index (χ1) is 40.6. The van der Waals surface area contributed by atoms with Crippen LogP contribution in [0.15, 0.2) is 59.8 Å². The summed E-state index contributed by atoms with van der Waals surface area (Å²) in [6.45, 7) is 45.2. The number of aldehydes is 2. The predicted molar refractivity (Wildman–Crippen MR) is 385 cm³/mol. The summed E-state index contributed by atoms with van der Waals surface area (Å²) in [5.41, 5.74) is 1.78. The molecule has 3 radical (unpaired) electrons. The van der Waals surface area contributed by atoms with Gasteiger partial charge in [-0.3, -0.25) is 9.59 Å². The molecular weight excluding hydrogens is 1370 g/mol. The molecule has 0 spiro atoms. The average molecular weight is 1500 g/mol. The van der Waals surface area contributed by atoms with Crippen LogP contribution in [-0.2, 0) is 85.5 Å². The van der Waals surface area contributed by atoms with Crippen LogP contribution in [0.5, 0.6) is 0 Å². The number of alkyl halides is 1. The first-order valence-corrected chi connectivity index (χ1v) is 33.6. The summed E-state index contributed by atoms with van der Waals surface area (Å²) >= 11 is 3.15. The monoisotopic (exact) mass is 1500 g/mol. The summed E-state index contributed by atoms with van der Waals surface area (Å²) in [5.74, 6) is -3.08. The average Bonchev–Trinajstić information content (AvgIpc) is 3.44. The van der Waals surface area contributed by atoms with E-state index in [-0.39, 0.29) is 118 Å². The van der Waals surface area contributed by atoms with Crippen molar-refractivity contribution in [2.45, 2.75) is 174 Å². The second kappa shape index (κ2) is 139. The fourth-order valence-electron chi connectivity index (χ4n) is 3.12. The molecule has 0 aromatic rings. The molecule has 0 aromatic heterocycles. The number of carboxylic acid groups (broad SMARTS) is 2. The third-order valence-corrected chi connectivity index (χ3v) is 12.8. The van der Waals surface area contributed by atoms with E-state index in [0.29, 0.717) is 51.1 Å². The topological polar surface area (TPSA) is 361 Å². The summed E-state index contributed by atoms with van der Waals surface area (Å²) in [4.78, 5) is 99.3. The van der Waals surface area contributed by atoms with Crippen molar-refractivity contribution in [1.29, 1.82) is 0 Å². The van der Waals surface area contributed by atoms with Crippen molar-refractivity contribution in [2.75, 3.05) is 110 Å². The largest absolute Gasteiger partial charge is 1.00 e. The number of rotatable bonds is 18. The molecule has 5 N–H and O–H groups in total. The fourth-order valence-corrected chi connectivity index (χ4v) is 6.03. The molecule has 0 aliphatic carbocycles. The van der Waals surface area contributed by atoms with E-state index in [2.05, 4.69) is 34.9 Å².